The molecule has 2 rings (SSSR count). The predicted octanol–water partition coefficient (Wildman–Crippen LogP) is 2.86. The van der Waals surface area contributed by atoms with Gasteiger partial charge in [0.1, 0.15) is 0 Å². The number of aliphatic hydroxyl groups is 1. The Bertz CT molecular complexity index is 401. The second-order valence-electron chi connectivity index (χ2n) is 3.74. The van der Waals surface area contributed by atoms with E-state index in [-0.39, 0.29) is 6.61 Å². The van der Waals surface area contributed by atoms with Gasteiger partial charge in [0.05, 0.1) is 15.2 Å². The first-order valence-electron chi connectivity index (χ1n) is 5.28. The lowest BCUT2D eigenvalue weighted by molar-refractivity contribution is 0.222. The first-order chi connectivity index (χ1) is 7.33. The van der Waals surface area contributed by atoms with Crippen LogP contribution in [0, 0.1) is 5.92 Å². The maximum absolute atomic E-state index is 9.14. The number of hydrogen-bond donors (Lipinski definition) is 1. The molecule has 1 N–H and O–H groups in total. The summed E-state index contributed by atoms with van der Waals surface area (Å²) in [5.74, 6) is 0.352. The van der Waals surface area contributed by atoms with E-state index in [1.54, 1.807) is 11.3 Å². The maximum atomic E-state index is 9.14. The smallest absolute Gasteiger partial charge is 0.0942 e. The highest BCUT2D eigenvalue weighted by Crippen LogP contribution is 2.24. The summed E-state index contributed by atoms with van der Waals surface area (Å²) in [7, 11) is 0. The molecule has 1 atom stereocenters. The zero-order chi connectivity index (χ0) is 10.7. The van der Waals surface area contributed by atoms with Crippen LogP contribution in [0.2, 0.25) is 0 Å². The normalized spacial score (nSPS) is 13.2. The van der Waals surface area contributed by atoms with E-state index in [0.29, 0.717) is 5.92 Å². The van der Waals surface area contributed by atoms with Crippen molar-refractivity contribution in [2.24, 2.45) is 5.92 Å². The minimum Gasteiger partial charge on any atom is -0.396 e. The molecular weight excluding hydrogens is 206 g/mol. The van der Waals surface area contributed by atoms with Gasteiger partial charge in [-0.3, -0.25) is 0 Å². The van der Waals surface area contributed by atoms with E-state index in [1.165, 1.54) is 4.70 Å². The van der Waals surface area contributed by atoms with Crippen molar-refractivity contribution in [3.05, 3.63) is 29.3 Å². The molecule has 1 unspecified atom stereocenters. The molecule has 0 saturated carbocycles. The van der Waals surface area contributed by atoms with Gasteiger partial charge in [-0.25, -0.2) is 4.98 Å². The molecule has 0 aliphatic rings. The molecular formula is C12H15NOS. The molecule has 15 heavy (non-hydrogen) atoms. The summed E-state index contributed by atoms with van der Waals surface area (Å²) in [6, 6.07) is 8.18. The molecule has 0 spiro atoms. The van der Waals surface area contributed by atoms with Crippen LogP contribution in [0.3, 0.4) is 0 Å². The number of aliphatic hydroxyl groups excluding tert-OH is 1. The van der Waals surface area contributed by atoms with Gasteiger partial charge in [0.25, 0.3) is 0 Å². The summed E-state index contributed by atoms with van der Waals surface area (Å²) >= 11 is 1.73. The molecule has 1 heterocycles. The molecule has 80 valence electrons. The minimum absolute atomic E-state index is 0.256. The number of thiazole rings is 1. The number of nitrogens with zero attached hydrogens (tertiary/aromatic N) is 1. The molecule has 1 aromatic heterocycles. The van der Waals surface area contributed by atoms with Gasteiger partial charge in [0.15, 0.2) is 0 Å². The summed E-state index contributed by atoms with van der Waals surface area (Å²) in [4.78, 5) is 4.56. The molecule has 0 bridgehead atoms. The Balaban J connectivity index is 2.21. The second-order valence-corrected chi connectivity index (χ2v) is 4.85. The van der Waals surface area contributed by atoms with Crippen molar-refractivity contribution in [2.75, 3.05) is 6.61 Å². The van der Waals surface area contributed by atoms with Crippen LogP contribution in [0.25, 0.3) is 10.2 Å². The zero-order valence-corrected chi connectivity index (χ0v) is 9.63. The summed E-state index contributed by atoms with van der Waals surface area (Å²) in [5.41, 5.74) is 1.07. The number of aromatic nitrogens is 1. The van der Waals surface area contributed by atoms with E-state index in [1.807, 2.05) is 18.2 Å². The monoisotopic (exact) mass is 221 g/mol. The highest BCUT2D eigenvalue weighted by Gasteiger charge is 2.09. The molecule has 3 heteroatoms. The number of fused-ring (bicyclic) bond motifs is 1. The van der Waals surface area contributed by atoms with Gasteiger partial charge in [-0.1, -0.05) is 25.5 Å². The van der Waals surface area contributed by atoms with Crippen molar-refractivity contribution < 1.29 is 5.11 Å². The van der Waals surface area contributed by atoms with Crippen LogP contribution < -0.4 is 0 Å². The summed E-state index contributed by atoms with van der Waals surface area (Å²) in [6.45, 7) is 2.36. The van der Waals surface area contributed by atoms with Gasteiger partial charge in [-0.05, 0) is 18.1 Å². The molecule has 0 amide bonds. The number of hydrogen-bond acceptors (Lipinski definition) is 3. The van der Waals surface area contributed by atoms with Crippen LogP contribution in [0.1, 0.15) is 18.4 Å². The zero-order valence-electron chi connectivity index (χ0n) is 8.81. The van der Waals surface area contributed by atoms with Crippen molar-refractivity contribution in [1.29, 1.82) is 0 Å². The Hall–Kier alpha value is -0.930. The van der Waals surface area contributed by atoms with Crippen LogP contribution in [0.15, 0.2) is 24.3 Å². The Labute approximate surface area is 93.6 Å². The third-order valence-corrected chi connectivity index (χ3v) is 3.70. The van der Waals surface area contributed by atoms with Gasteiger partial charge < -0.3 is 5.11 Å². The third-order valence-electron chi connectivity index (χ3n) is 2.64. The Morgan fingerprint density at radius 2 is 2.20 bits per heavy atom. The SMILES string of the molecule is CCC(CO)Cc1nc2ccccc2s1. The lowest BCUT2D eigenvalue weighted by Gasteiger charge is -2.07. The third kappa shape index (κ3) is 2.36. The number of para-hydroxylation sites is 1. The average molecular weight is 221 g/mol. The summed E-state index contributed by atoms with van der Waals surface area (Å²) in [5, 5.41) is 10.3. The van der Waals surface area contributed by atoms with E-state index in [0.717, 1.165) is 23.4 Å². The highest BCUT2D eigenvalue weighted by molar-refractivity contribution is 7.18. The van der Waals surface area contributed by atoms with Crippen molar-refractivity contribution >= 4 is 21.6 Å². The molecule has 0 aliphatic heterocycles. The van der Waals surface area contributed by atoms with Crippen molar-refractivity contribution in [1.82, 2.24) is 4.98 Å². The van der Waals surface area contributed by atoms with Crippen LogP contribution >= 0.6 is 11.3 Å². The lowest BCUT2D eigenvalue weighted by atomic mass is 10.0. The van der Waals surface area contributed by atoms with E-state index >= 15 is 0 Å². The topological polar surface area (TPSA) is 33.1 Å². The standard InChI is InChI=1S/C12H15NOS/c1-2-9(8-14)7-12-13-10-5-3-4-6-11(10)15-12/h3-6,9,14H,2,7-8H2,1H3. The van der Waals surface area contributed by atoms with E-state index in [4.69, 9.17) is 5.11 Å². The molecule has 0 fully saturated rings. The van der Waals surface area contributed by atoms with Gasteiger partial charge in [0, 0.05) is 13.0 Å². The summed E-state index contributed by atoms with van der Waals surface area (Å²) < 4.78 is 1.24. The molecule has 0 saturated heterocycles. The first kappa shape index (κ1) is 10.6. The minimum atomic E-state index is 0.256. The number of rotatable bonds is 4. The Morgan fingerprint density at radius 1 is 1.40 bits per heavy atom. The van der Waals surface area contributed by atoms with Crippen LogP contribution in [-0.2, 0) is 6.42 Å². The molecule has 0 aliphatic carbocycles. The summed E-state index contributed by atoms with van der Waals surface area (Å²) in [6.07, 6.45) is 1.90. The van der Waals surface area contributed by atoms with Gasteiger partial charge in [-0.15, -0.1) is 11.3 Å². The fourth-order valence-corrected chi connectivity index (χ4v) is 2.67. The van der Waals surface area contributed by atoms with Crippen LogP contribution in [0.4, 0.5) is 0 Å². The lowest BCUT2D eigenvalue weighted by Crippen LogP contribution is -2.07. The van der Waals surface area contributed by atoms with Crippen molar-refractivity contribution in [3.8, 4) is 0 Å². The van der Waals surface area contributed by atoms with E-state index in [2.05, 4.69) is 18.0 Å². The second kappa shape index (κ2) is 4.73. The Morgan fingerprint density at radius 3 is 2.87 bits per heavy atom. The maximum Gasteiger partial charge on any atom is 0.0942 e. The fourth-order valence-electron chi connectivity index (χ4n) is 1.59. The van der Waals surface area contributed by atoms with Gasteiger partial charge in [0.2, 0.25) is 0 Å². The number of benzene rings is 1. The Kier molecular flexibility index (Phi) is 3.34. The molecule has 1 aromatic carbocycles. The van der Waals surface area contributed by atoms with E-state index in [9.17, 15) is 0 Å². The van der Waals surface area contributed by atoms with Gasteiger partial charge in [-0.2, -0.15) is 0 Å². The predicted molar refractivity (Wildman–Crippen MR) is 64.2 cm³/mol. The quantitative estimate of drug-likeness (QED) is 0.861. The molecule has 2 nitrogen and oxygen atoms in total. The van der Waals surface area contributed by atoms with Gasteiger partial charge >= 0.3 is 0 Å². The van der Waals surface area contributed by atoms with Crippen molar-refractivity contribution in [2.45, 2.75) is 19.8 Å². The van der Waals surface area contributed by atoms with Crippen LogP contribution in [-0.4, -0.2) is 16.7 Å². The average Bonchev–Trinajstić information content (AvgIpc) is 2.68. The molecule has 0 radical (unpaired) electrons. The highest BCUT2D eigenvalue weighted by atomic mass is 32.1. The largest absolute Gasteiger partial charge is 0.396 e. The van der Waals surface area contributed by atoms with Crippen LogP contribution in [0.5, 0.6) is 0 Å². The van der Waals surface area contributed by atoms with Crippen molar-refractivity contribution in [3.63, 3.8) is 0 Å². The van der Waals surface area contributed by atoms with E-state index < -0.39 is 0 Å². The fraction of sp³-hybridized carbons (Fsp3) is 0.417. The molecule has 2 aromatic rings. The first-order valence-corrected chi connectivity index (χ1v) is 6.10.